The maximum Gasteiger partial charge on any atom is 0.413 e. The van der Waals surface area contributed by atoms with Crippen molar-refractivity contribution in [2.45, 2.75) is 73.1 Å². The Kier molecular flexibility index (Phi) is 12.9. The molecule has 4 nitrogen and oxygen atoms in total. The molecule has 0 aliphatic rings. The number of hydrogen-bond donors (Lipinski definition) is 1. The second kappa shape index (κ2) is 15.3. The van der Waals surface area contributed by atoms with Crippen molar-refractivity contribution in [1.82, 2.24) is 4.98 Å². The number of nitrogens with zero attached hydrogens (tertiary/aromatic N) is 1. The summed E-state index contributed by atoms with van der Waals surface area (Å²) in [5.41, 5.74) is 5.53. The molecule has 0 unspecified atom stereocenters. The molecule has 0 saturated carbocycles. The van der Waals surface area contributed by atoms with E-state index in [4.69, 9.17) is 4.74 Å². The van der Waals surface area contributed by atoms with Crippen molar-refractivity contribution >= 4 is 11.9 Å². The van der Waals surface area contributed by atoms with E-state index < -0.39 is 6.09 Å². The molecule has 1 amide bonds. The van der Waals surface area contributed by atoms with Crippen molar-refractivity contribution in [2.24, 2.45) is 0 Å². The number of allylic oxidation sites excluding steroid dienone is 7. The van der Waals surface area contributed by atoms with Crippen LogP contribution < -0.4 is 5.32 Å². The lowest BCUT2D eigenvalue weighted by atomic mass is 10.0. The normalized spacial score (nSPS) is 12.5. The van der Waals surface area contributed by atoms with E-state index >= 15 is 0 Å². The molecule has 0 atom stereocenters. The van der Waals surface area contributed by atoms with E-state index in [2.05, 4.69) is 63.1 Å². The van der Waals surface area contributed by atoms with Crippen LogP contribution in [0.1, 0.15) is 73.1 Å². The molecular formula is C26H38N2O2. The van der Waals surface area contributed by atoms with Gasteiger partial charge in [-0.1, -0.05) is 46.6 Å². The molecule has 1 N–H and O–H groups in total. The van der Waals surface area contributed by atoms with Crippen LogP contribution in [0.25, 0.3) is 0 Å². The number of anilines is 1. The predicted octanol–water partition coefficient (Wildman–Crippen LogP) is 7.78. The number of carbonyl (C=O) groups excluding carboxylic acids is 1. The fraction of sp³-hybridized carbons (Fsp3) is 0.462. The molecule has 0 radical (unpaired) electrons. The van der Waals surface area contributed by atoms with E-state index in [0.29, 0.717) is 5.82 Å². The van der Waals surface area contributed by atoms with Crippen LogP contribution in [0.4, 0.5) is 10.6 Å². The quantitative estimate of drug-likeness (QED) is 0.358. The SMILES string of the molecule is CC(C)=CCCC(C)=CCCC(C)=CCCC(C)=CCOC(=O)Nc1ccccn1. The fourth-order valence-corrected chi connectivity index (χ4v) is 2.82. The first-order chi connectivity index (χ1) is 14.4. The number of carbonyl (C=O) groups is 1. The van der Waals surface area contributed by atoms with Crippen LogP contribution in [0.3, 0.4) is 0 Å². The number of aromatic nitrogens is 1. The lowest BCUT2D eigenvalue weighted by Crippen LogP contribution is -2.14. The molecule has 1 heterocycles. The highest BCUT2D eigenvalue weighted by molar-refractivity contribution is 5.83. The van der Waals surface area contributed by atoms with Crippen LogP contribution in [-0.4, -0.2) is 17.7 Å². The highest BCUT2D eigenvalue weighted by Gasteiger charge is 2.02. The Morgan fingerprint density at radius 3 is 1.97 bits per heavy atom. The zero-order valence-corrected chi connectivity index (χ0v) is 19.3. The Bertz CT molecular complexity index is 754. The van der Waals surface area contributed by atoms with Gasteiger partial charge in [-0.2, -0.15) is 0 Å². The highest BCUT2D eigenvalue weighted by Crippen LogP contribution is 2.13. The summed E-state index contributed by atoms with van der Waals surface area (Å²) >= 11 is 0. The van der Waals surface area contributed by atoms with E-state index in [-0.39, 0.29) is 6.61 Å². The van der Waals surface area contributed by atoms with Crippen LogP contribution in [0.2, 0.25) is 0 Å². The summed E-state index contributed by atoms with van der Waals surface area (Å²) in [6, 6.07) is 5.33. The summed E-state index contributed by atoms with van der Waals surface area (Å²) in [5, 5.41) is 2.60. The molecule has 1 rings (SSSR count). The number of hydrogen-bond acceptors (Lipinski definition) is 3. The van der Waals surface area contributed by atoms with Crippen molar-refractivity contribution in [1.29, 1.82) is 0 Å². The van der Waals surface area contributed by atoms with Gasteiger partial charge in [0.15, 0.2) is 0 Å². The molecule has 4 heteroatoms. The Labute approximate surface area is 182 Å². The van der Waals surface area contributed by atoms with E-state index in [1.807, 2.05) is 12.1 Å². The van der Waals surface area contributed by atoms with Gasteiger partial charge in [0.1, 0.15) is 12.4 Å². The molecule has 0 saturated heterocycles. The second-order valence-electron chi connectivity index (χ2n) is 7.99. The monoisotopic (exact) mass is 410 g/mol. The van der Waals surface area contributed by atoms with Crippen molar-refractivity contribution in [3.8, 4) is 0 Å². The number of pyridine rings is 1. The average Bonchev–Trinajstić information content (AvgIpc) is 2.68. The van der Waals surface area contributed by atoms with Crippen molar-refractivity contribution in [3.05, 3.63) is 71.0 Å². The van der Waals surface area contributed by atoms with E-state index in [0.717, 1.165) is 38.5 Å². The van der Waals surface area contributed by atoms with Gasteiger partial charge >= 0.3 is 6.09 Å². The van der Waals surface area contributed by atoms with Crippen molar-refractivity contribution in [2.75, 3.05) is 11.9 Å². The standard InChI is InChI=1S/C26H38N2O2/c1-21(2)11-8-12-22(3)13-9-14-23(4)15-10-16-24(5)18-20-30-26(29)28-25-17-6-7-19-27-25/h6-7,11,13,15,17-19H,8-10,12,14,16,20H2,1-5H3,(H,27,28,29). The molecule has 1 aromatic rings. The Balaban J connectivity index is 2.21. The molecule has 0 aliphatic heterocycles. The maximum atomic E-state index is 11.7. The maximum absolute atomic E-state index is 11.7. The third-order valence-electron chi connectivity index (χ3n) is 4.70. The van der Waals surface area contributed by atoms with Gasteiger partial charge in [0, 0.05) is 6.20 Å². The number of rotatable bonds is 12. The lowest BCUT2D eigenvalue weighted by Gasteiger charge is -2.05. The summed E-state index contributed by atoms with van der Waals surface area (Å²) in [4.78, 5) is 15.7. The average molecular weight is 411 g/mol. The van der Waals surface area contributed by atoms with Crippen LogP contribution in [0, 0.1) is 0 Å². The summed E-state index contributed by atoms with van der Waals surface area (Å²) in [6.45, 7) is 11.1. The molecule has 0 fully saturated rings. The largest absolute Gasteiger partial charge is 0.445 e. The molecular weight excluding hydrogens is 372 g/mol. The molecule has 0 aromatic carbocycles. The van der Waals surface area contributed by atoms with Gasteiger partial charge in [-0.25, -0.2) is 9.78 Å². The minimum absolute atomic E-state index is 0.268. The van der Waals surface area contributed by atoms with E-state index in [1.165, 1.54) is 22.3 Å². The van der Waals surface area contributed by atoms with Gasteiger partial charge in [-0.05, 0) is 91.4 Å². The number of amides is 1. The second-order valence-corrected chi connectivity index (χ2v) is 7.99. The summed E-state index contributed by atoms with van der Waals surface area (Å²) < 4.78 is 5.17. The predicted molar refractivity (Wildman–Crippen MR) is 128 cm³/mol. The third kappa shape index (κ3) is 13.5. The van der Waals surface area contributed by atoms with E-state index in [1.54, 1.807) is 18.3 Å². The zero-order chi connectivity index (χ0) is 22.2. The van der Waals surface area contributed by atoms with Crippen LogP contribution in [0.5, 0.6) is 0 Å². The van der Waals surface area contributed by atoms with Crippen molar-refractivity contribution < 1.29 is 9.53 Å². The molecule has 0 spiro atoms. The van der Waals surface area contributed by atoms with Gasteiger partial charge in [0.2, 0.25) is 0 Å². The Hall–Kier alpha value is -2.62. The topological polar surface area (TPSA) is 51.2 Å². The summed E-state index contributed by atoms with van der Waals surface area (Å²) in [6.07, 6.45) is 16.6. The first kappa shape index (κ1) is 25.4. The van der Waals surface area contributed by atoms with Gasteiger partial charge in [0.05, 0.1) is 0 Å². The van der Waals surface area contributed by atoms with Crippen LogP contribution in [0.15, 0.2) is 71.0 Å². The molecule has 0 aliphatic carbocycles. The summed E-state index contributed by atoms with van der Waals surface area (Å²) in [7, 11) is 0. The third-order valence-corrected chi connectivity index (χ3v) is 4.70. The lowest BCUT2D eigenvalue weighted by molar-refractivity contribution is 0.174. The van der Waals surface area contributed by atoms with Gasteiger partial charge in [-0.3, -0.25) is 5.32 Å². The highest BCUT2D eigenvalue weighted by atomic mass is 16.5. The van der Waals surface area contributed by atoms with Gasteiger partial charge in [-0.15, -0.1) is 0 Å². The minimum Gasteiger partial charge on any atom is -0.445 e. The van der Waals surface area contributed by atoms with Crippen LogP contribution >= 0.6 is 0 Å². The minimum atomic E-state index is -0.488. The van der Waals surface area contributed by atoms with Crippen molar-refractivity contribution in [3.63, 3.8) is 0 Å². The van der Waals surface area contributed by atoms with Gasteiger partial charge < -0.3 is 4.74 Å². The molecule has 0 bridgehead atoms. The first-order valence-corrected chi connectivity index (χ1v) is 10.8. The smallest absolute Gasteiger partial charge is 0.413 e. The molecule has 164 valence electrons. The fourth-order valence-electron chi connectivity index (χ4n) is 2.82. The first-order valence-electron chi connectivity index (χ1n) is 10.8. The van der Waals surface area contributed by atoms with E-state index in [9.17, 15) is 4.79 Å². The number of ether oxygens (including phenoxy) is 1. The number of nitrogens with one attached hydrogen (secondary N) is 1. The molecule has 1 aromatic heterocycles. The Morgan fingerprint density at radius 2 is 1.43 bits per heavy atom. The Morgan fingerprint density at radius 1 is 0.867 bits per heavy atom. The summed E-state index contributed by atoms with van der Waals surface area (Å²) in [5.74, 6) is 0.488. The van der Waals surface area contributed by atoms with Crippen LogP contribution in [-0.2, 0) is 4.74 Å². The molecule has 30 heavy (non-hydrogen) atoms. The van der Waals surface area contributed by atoms with Gasteiger partial charge in [0.25, 0.3) is 0 Å². The zero-order valence-electron chi connectivity index (χ0n) is 19.3.